The van der Waals surface area contributed by atoms with Gasteiger partial charge in [0.2, 0.25) is 21.8 Å². The van der Waals surface area contributed by atoms with Gasteiger partial charge in [-0.05, 0) is 75.6 Å². The highest BCUT2D eigenvalue weighted by molar-refractivity contribution is 7.92. The lowest BCUT2D eigenvalue weighted by atomic mass is 10.1. The van der Waals surface area contributed by atoms with Crippen LogP contribution in [0.15, 0.2) is 48.5 Å². The molecule has 0 bridgehead atoms. The highest BCUT2D eigenvalue weighted by atomic mass is 35.5. The van der Waals surface area contributed by atoms with Crippen LogP contribution in [-0.2, 0) is 26.2 Å². The Kier molecular flexibility index (Phi) is 11.7. The average molecular weight is 552 g/mol. The minimum absolute atomic E-state index is 0.0140. The number of nitrogens with zero attached hydrogens (tertiary/aromatic N) is 2. The van der Waals surface area contributed by atoms with E-state index in [0.29, 0.717) is 23.1 Å². The summed E-state index contributed by atoms with van der Waals surface area (Å²) in [5, 5.41) is 3.52. The van der Waals surface area contributed by atoms with Crippen molar-refractivity contribution >= 4 is 39.1 Å². The Morgan fingerprint density at radius 1 is 1.03 bits per heavy atom. The van der Waals surface area contributed by atoms with Gasteiger partial charge in [0.25, 0.3) is 0 Å². The van der Waals surface area contributed by atoms with Crippen LogP contribution < -0.4 is 14.4 Å². The summed E-state index contributed by atoms with van der Waals surface area (Å²) in [5.41, 5.74) is 1.34. The van der Waals surface area contributed by atoms with Crippen LogP contribution >= 0.6 is 11.6 Å². The van der Waals surface area contributed by atoms with Gasteiger partial charge in [-0.2, -0.15) is 0 Å². The third kappa shape index (κ3) is 9.55. The van der Waals surface area contributed by atoms with Crippen LogP contribution in [0, 0.1) is 0 Å². The van der Waals surface area contributed by atoms with Crippen molar-refractivity contribution in [1.29, 1.82) is 0 Å². The topological polar surface area (TPSA) is 96.0 Å². The fourth-order valence-corrected chi connectivity index (χ4v) is 4.81. The molecule has 0 fully saturated rings. The van der Waals surface area contributed by atoms with E-state index in [1.807, 2.05) is 32.9 Å². The molecule has 0 heterocycles. The molecule has 0 spiro atoms. The summed E-state index contributed by atoms with van der Waals surface area (Å²) in [6.45, 7) is 8.34. The van der Waals surface area contributed by atoms with E-state index in [9.17, 15) is 18.0 Å². The maximum absolute atomic E-state index is 13.3. The normalized spacial score (nSPS) is 12.9. The Morgan fingerprint density at radius 3 is 2.19 bits per heavy atom. The number of sulfonamides is 1. The lowest BCUT2D eigenvalue weighted by Gasteiger charge is -2.30. The molecular formula is C27H38ClN3O5S. The summed E-state index contributed by atoms with van der Waals surface area (Å²) in [5.74, 6) is 0.183. The maximum Gasteiger partial charge on any atom is 0.242 e. The van der Waals surface area contributed by atoms with Gasteiger partial charge in [0, 0.05) is 30.6 Å². The predicted molar refractivity (Wildman–Crippen MR) is 148 cm³/mol. The van der Waals surface area contributed by atoms with Crippen molar-refractivity contribution in [3.05, 3.63) is 59.1 Å². The molecule has 10 heteroatoms. The van der Waals surface area contributed by atoms with E-state index in [1.54, 1.807) is 43.3 Å². The summed E-state index contributed by atoms with van der Waals surface area (Å²) in [7, 11) is -3.57. The van der Waals surface area contributed by atoms with E-state index >= 15 is 0 Å². The van der Waals surface area contributed by atoms with E-state index in [-0.39, 0.29) is 43.8 Å². The molecule has 2 rings (SSSR count). The molecule has 2 atom stereocenters. The molecule has 2 unspecified atom stereocenters. The number of benzene rings is 2. The molecule has 0 aliphatic rings. The fraction of sp³-hybridized carbons (Fsp3) is 0.481. The second-order valence-corrected chi connectivity index (χ2v) is 11.4. The lowest BCUT2D eigenvalue weighted by Crippen LogP contribution is -2.49. The second kappa shape index (κ2) is 14.2. The first-order valence-corrected chi connectivity index (χ1v) is 14.7. The van der Waals surface area contributed by atoms with Crippen molar-refractivity contribution in [2.75, 3.05) is 23.7 Å². The van der Waals surface area contributed by atoms with Crippen LogP contribution in [0.25, 0.3) is 0 Å². The third-order valence-electron chi connectivity index (χ3n) is 6.02. The van der Waals surface area contributed by atoms with Gasteiger partial charge < -0.3 is 15.0 Å². The first kappa shape index (κ1) is 30.4. The number of carbonyl (C=O) groups is 2. The zero-order valence-corrected chi connectivity index (χ0v) is 23.8. The number of ether oxygens (including phenoxy) is 1. The van der Waals surface area contributed by atoms with E-state index in [2.05, 4.69) is 5.32 Å². The van der Waals surface area contributed by atoms with Crippen molar-refractivity contribution in [2.45, 2.75) is 65.6 Å². The Bertz CT molecular complexity index is 1120. The number of hydrogen-bond donors (Lipinski definition) is 1. The number of carbonyl (C=O) groups excluding carboxylic acids is 2. The quantitative estimate of drug-likeness (QED) is 0.370. The van der Waals surface area contributed by atoms with Crippen LogP contribution in [0.4, 0.5) is 5.69 Å². The van der Waals surface area contributed by atoms with E-state index in [1.165, 1.54) is 9.21 Å². The number of hydrogen-bond acceptors (Lipinski definition) is 5. The molecule has 0 saturated heterocycles. The molecule has 0 radical (unpaired) electrons. The maximum atomic E-state index is 13.3. The zero-order valence-electron chi connectivity index (χ0n) is 22.2. The highest BCUT2D eigenvalue weighted by Gasteiger charge is 2.27. The van der Waals surface area contributed by atoms with Gasteiger partial charge in [0.05, 0.1) is 18.6 Å². The van der Waals surface area contributed by atoms with Gasteiger partial charge in [-0.15, -0.1) is 0 Å². The van der Waals surface area contributed by atoms with Crippen molar-refractivity contribution in [1.82, 2.24) is 10.2 Å². The smallest absolute Gasteiger partial charge is 0.242 e. The van der Waals surface area contributed by atoms with Crippen molar-refractivity contribution in [3.63, 3.8) is 0 Å². The molecule has 0 aliphatic carbocycles. The van der Waals surface area contributed by atoms with Gasteiger partial charge >= 0.3 is 0 Å². The molecule has 0 saturated carbocycles. The number of nitrogens with one attached hydrogen (secondary N) is 1. The van der Waals surface area contributed by atoms with Crippen molar-refractivity contribution in [3.8, 4) is 5.75 Å². The summed E-state index contributed by atoms with van der Waals surface area (Å²) < 4.78 is 31.7. The van der Waals surface area contributed by atoms with Gasteiger partial charge in [-0.3, -0.25) is 13.9 Å². The zero-order chi connectivity index (χ0) is 27.6. The first-order valence-electron chi connectivity index (χ1n) is 12.5. The van der Waals surface area contributed by atoms with Crippen LogP contribution in [0.5, 0.6) is 5.75 Å². The van der Waals surface area contributed by atoms with Crippen molar-refractivity contribution < 1.29 is 22.7 Å². The molecular weight excluding hydrogens is 514 g/mol. The monoisotopic (exact) mass is 551 g/mol. The van der Waals surface area contributed by atoms with E-state index in [4.69, 9.17) is 16.3 Å². The molecule has 2 aromatic carbocycles. The Labute approximate surface area is 226 Å². The summed E-state index contributed by atoms with van der Waals surface area (Å²) in [4.78, 5) is 27.7. The Balaban J connectivity index is 2.15. The molecule has 37 heavy (non-hydrogen) atoms. The van der Waals surface area contributed by atoms with Crippen LogP contribution in [0.3, 0.4) is 0 Å². The minimum Gasteiger partial charge on any atom is -0.494 e. The molecule has 0 aliphatic heterocycles. The second-order valence-electron chi connectivity index (χ2n) is 9.01. The SMILES string of the molecule is CCOc1ccc(N(CCCC(=O)N(Cc2ccc(Cl)cc2)C(C)C(=O)NC(C)CC)S(C)(=O)=O)cc1. The summed E-state index contributed by atoms with van der Waals surface area (Å²) >= 11 is 6.00. The number of halogens is 1. The van der Waals surface area contributed by atoms with Gasteiger partial charge in [-0.25, -0.2) is 8.42 Å². The van der Waals surface area contributed by atoms with Crippen molar-refractivity contribution in [2.24, 2.45) is 0 Å². The Morgan fingerprint density at radius 2 is 1.65 bits per heavy atom. The largest absolute Gasteiger partial charge is 0.494 e. The summed E-state index contributed by atoms with van der Waals surface area (Å²) in [6, 6.07) is 13.2. The molecule has 8 nitrogen and oxygen atoms in total. The fourth-order valence-electron chi connectivity index (χ4n) is 3.71. The lowest BCUT2D eigenvalue weighted by molar-refractivity contribution is -0.140. The van der Waals surface area contributed by atoms with Gasteiger partial charge in [0.1, 0.15) is 11.8 Å². The first-order chi connectivity index (χ1) is 17.5. The van der Waals surface area contributed by atoms with E-state index < -0.39 is 16.1 Å². The molecule has 2 amide bonds. The molecule has 0 aromatic heterocycles. The minimum atomic E-state index is -3.57. The highest BCUT2D eigenvalue weighted by Crippen LogP contribution is 2.23. The molecule has 2 aromatic rings. The van der Waals surface area contributed by atoms with E-state index in [0.717, 1.165) is 18.2 Å². The standard InChI is InChI=1S/C27H38ClN3O5S/c1-6-20(3)29-27(33)21(4)30(19-22-10-12-23(28)13-11-22)26(32)9-8-18-31(37(5,34)35)24-14-16-25(17-15-24)36-7-2/h10-17,20-21H,6-9,18-19H2,1-5H3,(H,29,33). The number of amides is 2. The van der Waals surface area contributed by atoms with Crippen LogP contribution in [0.1, 0.15) is 52.5 Å². The van der Waals surface area contributed by atoms with Gasteiger partial charge in [0.15, 0.2) is 0 Å². The van der Waals surface area contributed by atoms with Gasteiger partial charge in [-0.1, -0.05) is 30.7 Å². The number of anilines is 1. The predicted octanol–water partition coefficient (Wildman–Crippen LogP) is 4.62. The number of rotatable bonds is 14. The average Bonchev–Trinajstić information content (AvgIpc) is 2.85. The Hall–Kier alpha value is -2.78. The third-order valence-corrected chi connectivity index (χ3v) is 7.47. The van der Waals surface area contributed by atoms with Crippen LogP contribution in [0.2, 0.25) is 5.02 Å². The molecule has 1 N–H and O–H groups in total. The van der Waals surface area contributed by atoms with Crippen LogP contribution in [-0.4, -0.2) is 56.6 Å². The summed E-state index contributed by atoms with van der Waals surface area (Å²) in [6.07, 6.45) is 2.28. The molecule has 204 valence electrons.